The van der Waals surface area contributed by atoms with Crippen molar-refractivity contribution in [2.24, 2.45) is 0 Å². The van der Waals surface area contributed by atoms with Crippen LogP contribution < -0.4 is 10.1 Å². The maximum absolute atomic E-state index is 13.1. The van der Waals surface area contributed by atoms with Gasteiger partial charge in [0, 0.05) is 29.2 Å². The number of rotatable bonds is 7. The van der Waals surface area contributed by atoms with Gasteiger partial charge in [-0.15, -0.1) is 0 Å². The Morgan fingerprint density at radius 1 is 1.22 bits per heavy atom. The molecule has 27 heavy (non-hydrogen) atoms. The summed E-state index contributed by atoms with van der Waals surface area (Å²) in [6, 6.07) is 15.0. The predicted molar refractivity (Wildman–Crippen MR) is 109 cm³/mol. The molecule has 3 rings (SSSR count). The van der Waals surface area contributed by atoms with Gasteiger partial charge in [0.1, 0.15) is 5.75 Å². The first-order valence-electron chi connectivity index (χ1n) is 9.20. The van der Waals surface area contributed by atoms with Crippen LogP contribution in [0.4, 0.5) is 0 Å². The fourth-order valence-corrected chi connectivity index (χ4v) is 3.58. The topological polar surface area (TPSA) is 41.6 Å². The number of carbonyl (C=O) groups is 1. The molecule has 1 unspecified atom stereocenters. The maximum atomic E-state index is 13.1. The van der Waals surface area contributed by atoms with E-state index in [1.54, 1.807) is 25.1 Å². The van der Waals surface area contributed by atoms with Gasteiger partial charge < -0.3 is 15.0 Å². The highest BCUT2D eigenvalue weighted by Gasteiger charge is 2.26. The number of nitrogens with zero attached hydrogens (tertiary/aromatic N) is 1. The molecule has 0 saturated carbocycles. The van der Waals surface area contributed by atoms with Gasteiger partial charge in [-0.1, -0.05) is 41.4 Å². The molecule has 1 amide bonds. The molecule has 2 aromatic carbocycles. The molecular formula is C21H24Cl2N2O2. The van der Waals surface area contributed by atoms with Crippen molar-refractivity contribution in [1.29, 1.82) is 0 Å². The molecule has 1 aliphatic heterocycles. The standard InChI is InChI=1S/C21H24Cl2N2O2/c1-15(27-20-6-2-4-18(23)12-20)21(26)25(14-19-5-3-11-24-19)13-16-7-9-17(22)10-8-16/h2,4,6-10,12,15,19,24H,3,5,11,13-14H2,1H3/t15?,19-/m1/s1. The lowest BCUT2D eigenvalue weighted by Gasteiger charge is -2.29. The summed E-state index contributed by atoms with van der Waals surface area (Å²) in [5.74, 6) is 0.549. The molecule has 1 fully saturated rings. The Morgan fingerprint density at radius 2 is 2.00 bits per heavy atom. The number of carbonyl (C=O) groups excluding carboxylic acids is 1. The summed E-state index contributed by atoms with van der Waals surface area (Å²) in [6.07, 6.45) is 1.62. The average Bonchev–Trinajstić information content (AvgIpc) is 3.15. The first-order chi connectivity index (χ1) is 13.0. The fraction of sp³-hybridized carbons (Fsp3) is 0.381. The Bertz CT molecular complexity index is 761. The summed E-state index contributed by atoms with van der Waals surface area (Å²) < 4.78 is 5.84. The number of hydrogen-bond acceptors (Lipinski definition) is 3. The zero-order chi connectivity index (χ0) is 19.2. The van der Waals surface area contributed by atoms with Crippen LogP contribution in [0.5, 0.6) is 5.75 Å². The van der Waals surface area contributed by atoms with E-state index in [1.165, 1.54) is 0 Å². The lowest BCUT2D eigenvalue weighted by atomic mass is 10.1. The van der Waals surface area contributed by atoms with Gasteiger partial charge in [0.15, 0.2) is 6.10 Å². The molecule has 0 bridgehead atoms. The van der Waals surface area contributed by atoms with Crippen molar-refractivity contribution >= 4 is 29.1 Å². The molecule has 1 heterocycles. The van der Waals surface area contributed by atoms with Crippen molar-refractivity contribution in [2.75, 3.05) is 13.1 Å². The van der Waals surface area contributed by atoms with E-state index in [0.717, 1.165) is 24.9 Å². The van der Waals surface area contributed by atoms with E-state index in [4.69, 9.17) is 27.9 Å². The largest absolute Gasteiger partial charge is 0.481 e. The van der Waals surface area contributed by atoms with Crippen molar-refractivity contribution in [2.45, 2.75) is 38.5 Å². The molecular weight excluding hydrogens is 383 g/mol. The monoisotopic (exact) mass is 406 g/mol. The Kier molecular flexibility index (Phi) is 7.00. The van der Waals surface area contributed by atoms with Crippen LogP contribution in [-0.4, -0.2) is 36.0 Å². The summed E-state index contributed by atoms with van der Waals surface area (Å²) >= 11 is 12.0. The van der Waals surface area contributed by atoms with Crippen molar-refractivity contribution < 1.29 is 9.53 Å². The third kappa shape index (κ3) is 5.86. The van der Waals surface area contributed by atoms with Crippen molar-refractivity contribution in [3.8, 4) is 5.75 Å². The van der Waals surface area contributed by atoms with Crippen molar-refractivity contribution in [1.82, 2.24) is 10.2 Å². The third-order valence-corrected chi connectivity index (χ3v) is 5.15. The van der Waals surface area contributed by atoms with E-state index in [2.05, 4.69) is 5.32 Å². The molecule has 0 radical (unpaired) electrons. The highest BCUT2D eigenvalue weighted by molar-refractivity contribution is 6.30. The van der Waals surface area contributed by atoms with Gasteiger partial charge >= 0.3 is 0 Å². The van der Waals surface area contributed by atoms with Gasteiger partial charge in [0.25, 0.3) is 5.91 Å². The molecule has 0 aromatic heterocycles. The van der Waals surface area contributed by atoms with Gasteiger partial charge in [0.2, 0.25) is 0 Å². The number of benzene rings is 2. The second-order valence-electron chi connectivity index (χ2n) is 6.86. The molecule has 4 nitrogen and oxygen atoms in total. The van der Waals surface area contributed by atoms with E-state index in [-0.39, 0.29) is 5.91 Å². The minimum atomic E-state index is -0.600. The smallest absolute Gasteiger partial charge is 0.263 e. The van der Waals surface area contributed by atoms with E-state index in [0.29, 0.717) is 34.9 Å². The van der Waals surface area contributed by atoms with Gasteiger partial charge in [-0.05, 0) is 62.2 Å². The first-order valence-corrected chi connectivity index (χ1v) is 9.95. The van der Waals surface area contributed by atoms with Crippen LogP contribution in [0, 0.1) is 0 Å². The summed E-state index contributed by atoms with van der Waals surface area (Å²) in [7, 11) is 0. The van der Waals surface area contributed by atoms with Crippen LogP contribution in [0.3, 0.4) is 0 Å². The normalized spacial score (nSPS) is 17.5. The van der Waals surface area contributed by atoms with E-state index in [9.17, 15) is 4.79 Å². The highest BCUT2D eigenvalue weighted by atomic mass is 35.5. The molecule has 0 spiro atoms. The Labute approximate surface area is 170 Å². The number of amides is 1. The van der Waals surface area contributed by atoms with Crippen LogP contribution in [-0.2, 0) is 11.3 Å². The van der Waals surface area contributed by atoms with Crippen LogP contribution in [0.15, 0.2) is 48.5 Å². The maximum Gasteiger partial charge on any atom is 0.263 e. The molecule has 6 heteroatoms. The van der Waals surface area contributed by atoms with Crippen LogP contribution in [0.1, 0.15) is 25.3 Å². The first kappa shape index (κ1) is 20.0. The molecule has 144 valence electrons. The summed E-state index contributed by atoms with van der Waals surface area (Å²) in [5, 5.41) is 4.73. The molecule has 2 atom stereocenters. The van der Waals surface area contributed by atoms with Crippen LogP contribution in [0.2, 0.25) is 10.0 Å². The summed E-state index contributed by atoms with van der Waals surface area (Å²) in [4.78, 5) is 15.0. The SMILES string of the molecule is CC(Oc1cccc(Cl)c1)C(=O)N(Cc1ccc(Cl)cc1)C[C@H]1CCCN1. The third-order valence-electron chi connectivity index (χ3n) is 4.66. The number of hydrogen-bond donors (Lipinski definition) is 1. The lowest BCUT2D eigenvalue weighted by molar-refractivity contribution is -0.139. The number of halogens is 2. The minimum absolute atomic E-state index is 0.0429. The number of nitrogens with one attached hydrogen (secondary N) is 1. The quantitative estimate of drug-likeness (QED) is 0.733. The van der Waals surface area contributed by atoms with Gasteiger partial charge in [0.05, 0.1) is 0 Å². The summed E-state index contributed by atoms with van der Waals surface area (Å²) in [6.45, 7) is 3.96. The Balaban J connectivity index is 1.71. The zero-order valence-electron chi connectivity index (χ0n) is 15.3. The average molecular weight is 407 g/mol. The fourth-order valence-electron chi connectivity index (χ4n) is 3.27. The van der Waals surface area contributed by atoms with E-state index in [1.807, 2.05) is 35.2 Å². The second kappa shape index (κ2) is 9.45. The predicted octanol–water partition coefficient (Wildman–Crippen LogP) is 4.54. The number of ether oxygens (including phenoxy) is 1. The molecule has 1 saturated heterocycles. The Hall–Kier alpha value is -1.75. The van der Waals surface area contributed by atoms with E-state index < -0.39 is 6.10 Å². The zero-order valence-corrected chi connectivity index (χ0v) is 16.8. The Morgan fingerprint density at radius 3 is 2.67 bits per heavy atom. The second-order valence-corrected chi connectivity index (χ2v) is 7.73. The van der Waals surface area contributed by atoms with Gasteiger partial charge in [-0.25, -0.2) is 0 Å². The molecule has 1 aliphatic rings. The van der Waals surface area contributed by atoms with E-state index >= 15 is 0 Å². The molecule has 0 aliphatic carbocycles. The van der Waals surface area contributed by atoms with Crippen molar-refractivity contribution in [3.05, 3.63) is 64.1 Å². The molecule has 1 N–H and O–H groups in total. The summed E-state index contributed by atoms with van der Waals surface area (Å²) in [5.41, 5.74) is 1.04. The van der Waals surface area contributed by atoms with Crippen LogP contribution in [0.25, 0.3) is 0 Å². The lowest BCUT2D eigenvalue weighted by Crippen LogP contribution is -2.45. The van der Waals surface area contributed by atoms with Crippen LogP contribution >= 0.6 is 23.2 Å². The molecule has 2 aromatic rings. The van der Waals surface area contributed by atoms with Crippen molar-refractivity contribution in [3.63, 3.8) is 0 Å². The highest BCUT2D eigenvalue weighted by Crippen LogP contribution is 2.20. The van der Waals surface area contributed by atoms with Gasteiger partial charge in [-0.2, -0.15) is 0 Å². The minimum Gasteiger partial charge on any atom is -0.481 e. The van der Waals surface area contributed by atoms with Gasteiger partial charge in [-0.3, -0.25) is 4.79 Å².